The molecule has 4 rings (SSSR count). The van der Waals surface area contributed by atoms with E-state index in [0.29, 0.717) is 16.3 Å². The molecule has 24 heavy (non-hydrogen) atoms. The minimum absolute atomic E-state index is 0.0439. The van der Waals surface area contributed by atoms with Crippen LogP contribution in [0.5, 0.6) is 0 Å². The van der Waals surface area contributed by atoms with Gasteiger partial charge in [0.15, 0.2) is 10.8 Å². The molecule has 3 aromatic rings. The predicted molar refractivity (Wildman–Crippen MR) is 96.8 cm³/mol. The van der Waals surface area contributed by atoms with Gasteiger partial charge in [0.05, 0.1) is 11.9 Å². The van der Waals surface area contributed by atoms with E-state index in [0.717, 1.165) is 10.8 Å². The predicted octanol–water partition coefficient (Wildman–Crippen LogP) is 3.54. The number of thioether (sulfide) groups is 1. The summed E-state index contributed by atoms with van der Waals surface area (Å²) in [4.78, 5) is 17.9. The normalized spacial score (nSPS) is 15.9. The Hall–Kier alpha value is -2.08. The summed E-state index contributed by atoms with van der Waals surface area (Å²) in [6, 6.07) is 9.76. The monoisotopic (exact) mass is 340 g/mol. The number of para-hydroxylation sites is 1. The summed E-state index contributed by atoms with van der Waals surface area (Å²) < 4.78 is 3.42. The fourth-order valence-corrected chi connectivity index (χ4v) is 4.58. The molecule has 2 aromatic heterocycles. The Morgan fingerprint density at radius 1 is 1.12 bits per heavy atom. The highest BCUT2D eigenvalue weighted by molar-refractivity contribution is 7.99. The summed E-state index contributed by atoms with van der Waals surface area (Å²) in [7, 11) is 1.83. The number of nitrogens with zero attached hydrogens (tertiary/aromatic N) is 4. The fraction of sp³-hybridized carbons (Fsp3) is 0.389. The Kier molecular flexibility index (Phi) is 4.14. The topological polar surface area (TPSA) is 52.7 Å². The first-order chi connectivity index (χ1) is 11.7. The Balaban J connectivity index is 1.88. The Labute approximate surface area is 144 Å². The van der Waals surface area contributed by atoms with Crippen molar-refractivity contribution in [3.05, 3.63) is 46.9 Å². The van der Waals surface area contributed by atoms with Crippen LogP contribution in [-0.2, 0) is 7.05 Å². The first kappa shape index (κ1) is 15.4. The largest absolute Gasteiger partial charge is 0.269 e. The van der Waals surface area contributed by atoms with Gasteiger partial charge in [0.1, 0.15) is 5.39 Å². The van der Waals surface area contributed by atoms with Crippen molar-refractivity contribution in [2.24, 2.45) is 7.05 Å². The van der Waals surface area contributed by atoms with E-state index in [4.69, 9.17) is 4.98 Å². The molecule has 0 amide bonds. The molecule has 0 unspecified atom stereocenters. The minimum atomic E-state index is -0.0439. The van der Waals surface area contributed by atoms with Crippen molar-refractivity contribution in [3.8, 4) is 5.69 Å². The summed E-state index contributed by atoms with van der Waals surface area (Å²) in [6.07, 6.45) is 7.84. The van der Waals surface area contributed by atoms with E-state index in [1.807, 2.05) is 37.4 Å². The maximum absolute atomic E-state index is 13.1. The van der Waals surface area contributed by atoms with Crippen molar-refractivity contribution in [3.63, 3.8) is 0 Å². The zero-order valence-electron chi connectivity index (χ0n) is 13.7. The van der Waals surface area contributed by atoms with E-state index < -0.39 is 0 Å². The summed E-state index contributed by atoms with van der Waals surface area (Å²) in [5.74, 6) is 0. The number of hydrogen-bond donors (Lipinski definition) is 0. The average Bonchev–Trinajstić information content (AvgIpc) is 2.98. The van der Waals surface area contributed by atoms with Gasteiger partial charge in [-0.25, -0.2) is 4.98 Å². The number of aromatic nitrogens is 4. The van der Waals surface area contributed by atoms with Gasteiger partial charge in [0.25, 0.3) is 5.56 Å². The zero-order valence-corrected chi connectivity index (χ0v) is 14.5. The van der Waals surface area contributed by atoms with Crippen LogP contribution < -0.4 is 5.56 Å². The van der Waals surface area contributed by atoms with Gasteiger partial charge in [0, 0.05) is 12.3 Å². The van der Waals surface area contributed by atoms with E-state index in [-0.39, 0.29) is 5.56 Å². The van der Waals surface area contributed by atoms with Crippen LogP contribution in [0.3, 0.4) is 0 Å². The maximum Gasteiger partial charge on any atom is 0.269 e. The molecule has 0 N–H and O–H groups in total. The Morgan fingerprint density at radius 3 is 2.62 bits per heavy atom. The van der Waals surface area contributed by atoms with Gasteiger partial charge < -0.3 is 0 Å². The quantitative estimate of drug-likeness (QED) is 0.684. The molecular formula is C18H20N4OS. The number of benzene rings is 1. The molecule has 6 heteroatoms. The fourth-order valence-electron chi connectivity index (χ4n) is 3.28. The highest BCUT2D eigenvalue weighted by atomic mass is 32.2. The molecule has 1 aliphatic carbocycles. The molecule has 0 saturated heterocycles. The molecule has 5 nitrogen and oxygen atoms in total. The third-order valence-corrected chi connectivity index (χ3v) is 5.86. The van der Waals surface area contributed by atoms with Gasteiger partial charge in [-0.3, -0.25) is 14.0 Å². The van der Waals surface area contributed by atoms with Crippen LogP contribution in [0.2, 0.25) is 0 Å². The van der Waals surface area contributed by atoms with Crippen molar-refractivity contribution in [2.75, 3.05) is 0 Å². The van der Waals surface area contributed by atoms with Crippen LogP contribution in [0, 0.1) is 0 Å². The zero-order chi connectivity index (χ0) is 16.5. The molecule has 0 radical (unpaired) electrons. The first-order valence-electron chi connectivity index (χ1n) is 8.41. The van der Waals surface area contributed by atoms with Gasteiger partial charge in [-0.05, 0) is 25.0 Å². The molecule has 1 fully saturated rings. The van der Waals surface area contributed by atoms with E-state index in [9.17, 15) is 4.79 Å². The third kappa shape index (κ3) is 2.75. The van der Waals surface area contributed by atoms with Crippen LogP contribution in [0.25, 0.3) is 16.7 Å². The maximum atomic E-state index is 13.1. The number of hydrogen-bond acceptors (Lipinski definition) is 4. The van der Waals surface area contributed by atoms with Crippen molar-refractivity contribution < 1.29 is 0 Å². The van der Waals surface area contributed by atoms with Gasteiger partial charge in [-0.15, -0.1) is 0 Å². The van der Waals surface area contributed by atoms with E-state index in [2.05, 4.69) is 5.10 Å². The van der Waals surface area contributed by atoms with Crippen molar-refractivity contribution in [1.82, 2.24) is 19.3 Å². The lowest BCUT2D eigenvalue weighted by molar-refractivity contribution is 0.514. The van der Waals surface area contributed by atoms with Gasteiger partial charge in [-0.1, -0.05) is 49.2 Å². The number of fused-ring (bicyclic) bond motifs is 1. The molecule has 0 aliphatic heterocycles. The number of aryl methyl sites for hydroxylation is 1. The average molecular weight is 340 g/mol. The van der Waals surface area contributed by atoms with E-state index in [1.54, 1.807) is 27.2 Å². The summed E-state index contributed by atoms with van der Waals surface area (Å²) in [6.45, 7) is 0. The van der Waals surface area contributed by atoms with Gasteiger partial charge >= 0.3 is 0 Å². The second kappa shape index (κ2) is 6.43. The van der Waals surface area contributed by atoms with Crippen molar-refractivity contribution >= 4 is 22.8 Å². The summed E-state index contributed by atoms with van der Waals surface area (Å²) in [5, 5.41) is 6.08. The van der Waals surface area contributed by atoms with Crippen LogP contribution in [-0.4, -0.2) is 24.6 Å². The van der Waals surface area contributed by atoms with Crippen LogP contribution in [0.1, 0.15) is 32.1 Å². The second-order valence-corrected chi connectivity index (χ2v) is 7.52. The van der Waals surface area contributed by atoms with Crippen molar-refractivity contribution in [1.29, 1.82) is 0 Å². The molecule has 2 heterocycles. The van der Waals surface area contributed by atoms with Gasteiger partial charge in [-0.2, -0.15) is 5.10 Å². The standard InChI is InChI=1S/C18H20N4OS/c1-21-16-15(12-19-21)17(23)22(13-8-4-2-5-9-13)18(20-16)24-14-10-6-3-7-11-14/h2,4-5,8-9,12,14H,3,6-7,10-11H2,1H3. The first-order valence-corrected chi connectivity index (χ1v) is 9.29. The lowest BCUT2D eigenvalue weighted by Crippen LogP contribution is -2.23. The smallest absolute Gasteiger partial charge is 0.268 e. The molecule has 0 bridgehead atoms. The minimum Gasteiger partial charge on any atom is -0.268 e. The lowest BCUT2D eigenvalue weighted by Gasteiger charge is -2.22. The molecule has 124 valence electrons. The second-order valence-electron chi connectivity index (χ2n) is 6.25. The number of rotatable bonds is 3. The van der Waals surface area contributed by atoms with E-state index >= 15 is 0 Å². The molecule has 1 aliphatic rings. The Morgan fingerprint density at radius 2 is 1.88 bits per heavy atom. The van der Waals surface area contributed by atoms with E-state index in [1.165, 1.54) is 32.1 Å². The summed E-state index contributed by atoms with van der Waals surface area (Å²) in [5.41, 5.74) is 1.47. The van der Waals surface area contributed by atoms with Crippen LogP contribution in [0.15, 0.2) is 46.5 Å². The highest BCUT2D eigenvalue weighted by Crippen LogP contribution is 2.33. The van der Waals surface area contributed by atoms with Gasteiger partial charge in [0.2, 0.25) is 0 Å². The molecule has 1 aromatic carbocycles. The molecular weight excluding hydrogens is 320 g/mol. The highest BCUT2D eigenvalue weighted by Gasteiger charge is 2.21. The lowest BCUT2D eigenvalue weighted by atomic mass is 10.0. The van der Waals surface area contributed by atoms with Crippen molar-refractivity contribution in [2.45, 2.75) is 42.5 Å². The van der Waals surface area contributed by atoms with Crippen LogP contribution in [0.4, 0.5) is 0 Å². The van der Waals surface area contributed by atoms with Crippen LogP contribution >= 0.6 is 11.8 Å². The third-order valence-electron chi connectivity index (χ3n) is 4.57. The molecule has 0 atom stereocenters. The Bertz CT molecular complexity index is 910. The SMILES string of the molecule is Cn1ncc2c(=O)n(-c3ccccc3)c(SC3CCCCC3)nc21. The molecule has 0 spiro atoms. The molecule has 1 saturated carbocycles. The summed E-state index contributed by atoms with van der Waals surface area (Å²) >= 11 is 1.74.